The number of rotatable bonds is 4. The molecule has 0 aliphatic carbocycles. The van der Waals surface area contributed by atoms with E-state index in [1.54, 1.807) is 23.2 Å². The molecule has 1 aliphatic heterocycles. The van der Waals surface area contributed by atoms with Crippen molar-refractivity contribution in [1.29, 1.82) is 0 Å². The largest absolute Gasteiger partial charge is 0.450 e. The lowest BCUT2D eigenvalue weighted by Gasteiger charge is -2.33. The van der Waals surface area contributed by atoms with E-state index in [-0.39, 0.29) is 11.7 Å². The van der Waals surface area contributed by atoms with E-state index >= 15 is 0 Å². The number of benzene rings is 1. The zero-order valence-electron chi connectivity index (χ0n) is 15.7. The van der Waals surface area contributed by atoms with Crippen LogP contribution in [0.1, 0.15) is 6.92 Å². The van der Waals surface area contributed by atoms with Gasteiger partial charge in [0, 0.05) is 31.6 Å². The van der Waals surface area contributed by atoms with Crippen molar-refractivity contribution in [3.05, 3.63) is 52.1 Å². The minimum atomic E-state index is -0.275. The van der Waals surface area contributed by atoms with Crippen LogP contribution in [-0.4, -0.2) is 58.5 Å². The van der Waals surface area contributed by atoms with Crippen LogP contribution in [0.15, 0.2) is 46.6 Å². The summed E-state index contributed by atoms with van der Waals surface area (Å²) < 4.78 is 6.60. The highest BCUT2D eigenvalue weighted by atomic mass is 32.1. The summed E-state index contributed by atoms with van der Waals surface area (Å²) >= 11 is 1.61. The van der Waals surface area contributed by atoms with Gasteiger partial charge in [0.05, 0.1) is 23.5 Å². The van der Waals surface area contributed by atoms with Gasteiger partial charge in [-0.3, -0.25) is 9.69 Å². The van der Waals surface area contributed by atoms with Crippen molar-refractivity contribution in [1.82, 2.24) is 19.6 Å². The average Bonchev–Trinajstić information content (AvgIpc) is 3.25. The molecule has 0 atom stereocenters. The molecule has 0 saturated carbocycles. The van der Waals surface area contributed by atoms with E-state index in [1.807, 2.05) is 41.8 Å². The number of hydrogen-bond acceptors (Lipinski definition) is 6. The fourth-order valence-corrected chi connectivity index (χ4v) is 4.13. The van der Waals surface area contributed by atoms with Gasteiger partial charge in [-0.2, -0.15) is 5.10 Å². The average molecular weight is 398 g/mol. The predicted octanol–water partition coefficient (Wildman–Crippen LogP) is 2.86. The normalized spacial score (nSPS) is 15.1. The van der Waals surface area contributed by atoms with Crippen LogP contribution in [-0.2, 0) is 11.4 Å². The fraction of sp³-hybridized carbons (Fsp3) is 0.350. The molecule has 28 heavy (non-hydrogen) atoms. The molecule has 4 rings (SSSR count). The number of thiophene rings is 1. The predicted molar refractivity (Wildman–Crippen MR) is 109 cm³/mol. The van der Waals surface area contributed by atoms with Crippen molar-refractivity contribution in [3.8, 4) is 10.6 Å². The molecule has 3 aromatic rings. The highest BCUT2D eigenvalue weighted by molar-refractivity contribution is 7.13. The van der Waals surface area contributed by atoms with Crippen molar-refractivity contribution < 1.29 is 9.53 Å². The molecule has 0 radical (unpaired) electrons. The number of fused-ring (bicyclic) bond motifs is 1. The number of piperazine rings is 1. The maximum absolute atomic E-state index is 13.0. The van der Waals surface area contributed by atoms with Crippen LogP contribution in [0.5, 0.6) is 0 Å². The smallest absolute Gasteiger partial charge is 0.409 e. The summed E-state index contributed by atoms with van der Waals surface area (Å²) in [6.07, 6.45) is -0.275. The molecule has 1 aliphatic rings. The number of carbonyl (C=O) groups excluding carboxylic acids is 1. The van der Waals surface area contributed by atoms with Gasteiger partial charge in [-0.05, 0) is 24.4 Å². The van der Waals surface area contributed by atoms with Crippen molar-refractivity contribution in [3.63, 3.8) is 0 Å². The Morgan fingerprint density at radius 2 is 1.86 bits per heavy atom. The Kier molecular flexibility index (Phi) is 5.40. The fourth-order valence-electron chi connectivity index (χ4n) is 3.40. The molecule has 0 N–H and O–H groups in total. The maximum atomic E-state index is 13.0. The number of aromatic nitrogens is 2. The first-order valence-electron chi connectivity index (χ1n) is 9.35. The molecular formula is C20H22N4O3S. The minimum absolute atomic E-state index is 0.0938. The third-order valence-corrected chi connectivity index (χ3v) is 5.73. The van der Waals surface area contributed by atoms with E-state index in [2.05, 4.69) is 10.00 Å². The van der Waals surface area contributed by atoms with Crippen LogP contribution in [0, 0.1) is 0 Å². The van der Waals surface area contributed by atoms with E-state index in [9.17, 15) is 9.59 Å². The Bertz CT molecular complexity index is 1020. The van der Waals surface area contributed by atoms with Gasteiger partial charge in [-0.1, -0.05) is 24.3 Å². The molecule has 1 aromatic carbocycles. The summed E-state index contributed by atoms with van der Waals surface area (Å²) in [5.74, 6) is 0. The van der Waals surface area contributed by atoms with Crippen LogP contribution in [0.25, 0.3) is 21.3 Å². The van der Waals surface area contributed by atoms with Gasteiger partial charge in [0.2, 0.25) is 0 Å². The Hall–Kier alpha value is -2.71. The van der Waals surface area contributed by atoms with Crippen molar-refractivity contribution in [2.24, 2.45) is 0 Å². The summed E-state index contributed by atoms with van der Waals surface area (Å²) in [7, 11) is 0. The van der Waals surface area contributed by atoms with Crippen LogP contribution < -0.4 is 5.56 Å². The molecular weight excluding hydrogens is 376 g/mol. The quantitative estimate of drug-likeness (QED) is 0.676. The molecule has 3 heterocycles. The number of hydrogen-bond donors (Lipinski definition) is 0. The SMILES string of the molecule is CCOC(=O)N1CCN(Cn2nc(-c3cccs3)c3ccccc3c2=O)CC1. The summed E-state index contributed by atoms with van der Waals surface area (Å²) in [6, 6.07) is 11.6. The third kappa shape index (κ3) is 3.65. The summed E-state index contributed by atoms with van der Waals surface area (Å²) in [4.78, 5) is 29.7. The standard InChI is InChI=1S/C20H22N4O3S/c1-2-27-20(26)23-11-9-22(10-12-23)14-24-19(25)16-7-4-3-6-15(16)18(21-24)17-8-5-13-28-17/h3-8,13H,2,9-12,14H2,1H3. The molecule has 0 bridgehead atoms. The highest BCUT2D eigenvalue weighted by Crippen LogP contribution is 2.28. The molecule has 1 amide bonds. The maximum Gasteiger partial charge on any atom is 0.409 e. The van der Waals surface area contributed by atoms with Crippen molar-refractivity contribution >= 4 is 28.2 Å². The van der Waals surface area contributed by atoms with Gasteiger partial charge in [-0.15, -0.1) is 11.3 Å². The van der Waals surface area contributed by atoms with Gasteiger partial charge in [-0.25, -0.2) is 9.48 Å². The second-order valence-corrected chi connectivity index (χ2v) is 7.57. The first kappa shape index (κ1) is 18.6. The first-order chi connectivity index (χ1) is 13.7. The Labute approximate surface area is 166 Å². The lowest BCUT2D eigenvalue weighted by Crippen LogP contribution is -2.50. The molecule has 1 fully saturated rings. The topological polar surface area (TPSA) is 67.7 Å². The number of amides is 1. The lowest BCUT2D eigenvalue weighted by atomic mass is 10.1. The van der Waals surface area contributed by atoms with Crippen LogP contribution in [0.3, 0.4) is 0 Å². The molecule has 0 unspecified atom stereocenters. The van der Waals surface area contributed by atoms with Crippen LogP contribution in [0.2, 0.25) is 0 Å². The van der Waals surface area contributed by atoms with Crippen LogP contribution in [0.4, 0.5) is 4.79 Å². The van der Waals surface area contributed by atoms with E-state index in [4.69, 9.17) is 4.74 Å². The number of nitrogens with zero attached hydrogens (tertiary/aromatic N) is 4. The van der Waals surface area contributed by atoms with Gasteiger partial charge < -0.3 is 9.64 Å². The monoisotopic (exact) mass is 398 g/mol. The Balaban J connectivity index is 1.59. The second-order valence-electron chi connectivity index (χ2n) is 6.62. The Morgan fingerprint density at radius 1 is 1.11 bits per heavy atom. The highest BCUT2D eigenvalue weighted by Gasteiger charge is 2.23. The molecule has 8 heteroatoms. The van der Waals surface area contributed by atoms with E-state index < -0.39 is 0 Å². The zero-order valence-corrected chi connectivity index (χ0v) is 16.5. The van der Waals surface area contributed by atoms with E-state index in [0.29, 0.717) is 44.8 Å². The third-order valence-electron chi connectivity index (χ3n) is 4.85. The van der Waals surface area contributed by atoms with Crippen molar-refractivity contribution in [2.45, 2.75) is 13.6 Å². The molecule has 146 valence electrons. The summed E-state index contributed by atoms with van der Waals surface area (Å²) in [6.45, 7) is 5.09. The van der Waals surface area contributed by atoms with E-state index in [0.717, 1.165) is 16.0 Å². The van der Waals surface area contributed by atoms with Gasteiger partial charge in [0.15, 0.2) is 0 Å². The minimum Gasteiger partial charge on any atom is -0.450 e. The second kappa shape index (κ2) is 8.12. The molecule has 7 nitrogen and oxygen atoms in total. The number of ether oxygens (including phenoxy) is 1. The molecule has 2 aromatic heterocycles. The van der Waals surface area contributed by atoms with Gasteiger partial charge in [0.1, 0.15) is 5.69 Å². The van der Waals surface area contributed by atoms with Gasteiger partial charge >= 0.3 is 6.09 Å². The summed E-state index contributed by atoms with van der Waals surface area (Å²) in [5.41, 5.74) is 0.735. The van der Waals surface area contributed by atoms with Crippen LogP contribution >= 0.6 is 11.3 Å². The molecule has 1 saturated heterocycles. The number of carbonyl (C=O) groups is 1. The summed E-state index contributed by atoms with van der Waals surface area (Å²) in [5, 5.41) is 8.24. The Morgan fingerprint density at radius 3 is 2.54 bits per heavy atom. The lowest BCUT2D eigenvalue weighted by molar-refractivity contribution is 0.0688. The first-order valence-corrected chi connectivity index (χ1v) is 10.2. The van der Waals surface area contributed by atoms with Crippen molar-refractivity contribution in [2.75, 3.05) is 32.8 Å². The zero-order chi connectivity index (χ0) is 19.5. The van der Waals surface area contributed by atoms with E-state index in [1.165, 1.54) is 4.68 Å². The molecule has 0 spiro atoms. The van der Waals surface area contributed by atoms with Gasteiger partial charge in [0.25, 0.3) is 5.56 Å².